The summed E-state index contributed by atoms with van der Waals surface area (Å²) < 4.78 is 29.3. The van der Waals surface area contributed by atoms with Crippen LogP contribution < -0.4 is 9.21 Å². The van der Waals surface area contributed by atoms with Gasteiger partial charge >= 0.3 is 0 Å². The van der Waals surface area contributed by atoms with Crippen molar-refractivity contribution < 1.29 is 13.2 Å². The minimum Gasteiger partial charge on any atom is -0.284 e. The molecule has 168 valence electrons. The molecule has 0 saturated heterocycles. The van der Waals surface area contributed by atoms with E-state index in [2.05, 4.69) is 4.98 Å². The quantitative estimate of drug-likeness (QED) is 0.405. The van der Waals surface area contributed by atoms with Crippen LogP contribution in [-0.4, -0.2) is 32.4 Å². The Hall–Kier alpha value is -3.23. The van der Waals surface area contributed by atoms with E-state index in [0.29, 0.717) is 35.9 Å². The fraction of sp³-hybridized carbons (Fsp3) is 0.200. The van der Waals surface area contributed by atoms with Gasteiger partial charge in [0.1, 0.15) is 0 Å². The van der Waals surface area contributed by atoms with Gasteiger partial charge in [0.25, 0.3) is 15.9 Å². The van der Waals surface area contributed by atoms with E-state index in [1.807, 2.05) is 56.3 Å². The molecule has 0 N–H and O–H groups in total. The molecule has 0 unspecified atom stereocenters. The van der Waals surface area contributed by atoms with Crippen molar-refractivity contribution in [3.8, 4) is 0 Å². The maximum Gasteiger partial charge on any atom is 0.264 e. The zero-order valence-corrected chi connectivity index (χ0v) is 20.0. The first-order valence-corrected chi connectivity index (χ1v) is 13.0. The van der Waals surface area contributed by atoms with Crippen LogP contribution in [0.25, 0.3) is 10.2 Å². The van der Waals surface area contributed by atoms with Crippen molar-refractivity contribution in [3.63, 3.8) is 0 Å². The fourth-order valence-electron chi connectivity index (χ4n) is 4.19. The number of carbonyl (C=O) groups excluding carboxylic acids is 1. The molecule has 0 spiro atoms. The lowest BCUT2D eigenvalue weighted by Crippen LogP contribution is -2.31. The minimum absolute atomic E-state index is 0.112. The Labute approximate surface area is 197 Å². The van der Waals surface area contributed by atoms with Crippen molar-refractivity contribution in [2.45, 2.75) is 25.2 Å². The van der Waals surface area contributed by atoms with E-state index in [1.165, 1.54) is 21.7 Å². The van der Waals surface area contributed by atoms with E-state index in [9.17, 15) is 13.2 Å². The number of para-hydroxylation sites is 2. The van der Waals surface area contributed by atoms with E-state index in [4.69, 9.17) is 0 Å². The van der Waals surface area contributed by atoms with Gasteiger partial charge in [-0.05, 0) is 61.7 Å². The number of hydrogen-bond acceptors (Lipinski definition) is 5. The van der Waals surface area contributed by atoms with Crippen molar-refractivity contribution in [2.75, 3.05) is 22.3 Å². The van der Waals surface area contributed by atoms with Crippen LogP contribution in [0.3, 0.4) is 0 Å². The summed E-state index contributed by atoms with van der Waals surface area (Å²) in [5, 5.41) is 0.605. The molecule has 3 aromatic carbocycles. The minimum atomic E-state index is -3.78. The van der Waals surface area contributed by atoms with Crippen LogP contribution in [0, 0.1) is 6.92 Å². The Morgan fingerprint density at radius 2 is 1.88 bits per heavy atom. The second-order valence-corrected chi connectivity index (χ2v) is 10.8. The maximum atomic E-state index is 13.4. The number of amides is 1. The highest BCUT2D eigenvalue weighted by Gasteiger charge is 2.31. The average Bonchev–Trinajstić information content (AvgIpc) is 3.45. The van der Waals surface area contributed by atoms with Crippen LogP contribution in [0.2, 0.25) is 0 Å². The number of aromatic nitrogens is 1. The van der Waals surface area contributed by atoms with Crippen molar-refractivity contribution in [2.24, 2.45) is 0 Å². The molecule has 1 aliphatic rings. The summed E-state index contributed by atoms with van der Waals surface area (Å²) in [7, 11) is -3.78. The lowest BCUT2D eigenvalue weighted by molar-refractivity contribution is 0.0988. The molecule has 8 heteroatoms. The fourth-order valence-corrected chi connectivity index (χ4v) is 6.84. The molecule has 1 amide bonds. The van der Waals surface area contributed by atoms with Crippen molar-refractivity contribution >= 4 is 48.3 Å². The number of fused-ring (bicyclic) bond motifs is 2. The third-order valence-corrected chi connectivity index (χ3v) is 8.77. The number of rotatable bonds is 5. The molecule has 1 aliphatic heterocycles. The summed E-state index contributed by atoms with van der Waals surface area (Å²) in [5.74, 6) is -0.270. The number of thiazole rings is 1. The van der Waals surface area contributed by atoms with Gasteiger partial charge in [-0.25, -0.2) is 13.4 Å². The zero-order chi connectivity index (χ0) is 23.2. The molecule has 0 saturated carbocycles. The maximum absolute atomic E-state index is 13.4. The Balaban J connectivity index is 1.49. The molecule has 5 rings (SSSR count). The van der Waals surface area contributed by atoms with E-state index >= 15 is 0 Å². The van der Waals surface area contributed by atoms with Crippen LogP contribution in [-0.2, 0) is 16.4 Å². The summed E-state index contributed by atoms with van der Waals surface area (Å²) >= 11 is 1.46. The lowest BCUT2D eigenvalue weighted by Gasteiger charge is -2.21. The second kappa shape index (κ2) is 8.28. The Bertz CT molecular complexity index is 1480. The van der Waals surface area contributed by atoms with Crippen LogP contribution in [0.5, 0.6) is 0 Å². The van der Waals surface area contributed by atoms with Gasteiger partial charge in [-0.1, -0.05) is 47.7 Å². The third kappa shape index (κ3) is 3.69. The highest BCUT2D eigenvalue weighted by atomic mass is 32.2. The zero-order valence-electron chi connectivity index (χ0n) is 18.4. The van der Waals surface area contributed by atoms with Gasteiger partial charge in [-0.3, -0.25) is 14.0 Å². The van der Waals surface area contributed by atoms with E-state index < -0.39 is 10.0 Å². The molecule has 1 aromatic heterocycles. The normalized spacial score (nSPS) is 13.3. The molecule has 4 aromatic rings. The monoisotopic (exact) mass is 477 g/mol. The van der Waals surface area contributed by atoms with Gasteiger partial charge in [-0.15, -0.1) is 0 Å². The van der Waals surface area contributed by atoms with Crippen LogP contribution in [0.1, 0.15) is 28.4 Å². The molecule has 33 heavy (non-hydrogen) atoms. The number of hydrogen-bond donors (Lipinski definition) is 0. The van der Waals surface area contributed by atoms with Gasteiger partial charge in [0, 0.05) is 18.7 Å². The predicted octanol–water partition coefficient (Wildman–Crippen LogP) is 5.02. The van der Waals surface area contributed by atoms with E-state index in [1.54, 1.807) is 23.1 Å². The molecule has 0 aliphatic carbocycles. The lowest BCUT2D eigenvalue weighted by atomic mass is 10.2. The summed E-state index contributed by atoms with van der Waals surface area (Å²) in [4.78, 5) is 19.8. The first-order valence-electron chi connectivity index (χ1n) is 10.8. The first kappa shape index (κ1) is 21.6. The van der Waals surface area contributed by atoms with Gasteiger partial charge < -0.3 is 0 Å². The number of benzene rings is 3. The number of aryl methyl sites for hydroxylation is 1. The highest BCUT2D eigenvalue weighted by Crippen LogP contribution is 2.34. The number of carbonyl (C=O) groups is 1. The summed E-state index contributed by atoms with van der Waals surface area (Å²) in [6, 6.07) is 19.8. The standard InChI is InChI=1S/C25H23N3O3S2/c1-3-27(25-26-23-17(2)8-6-13-22(23)32-25)24(29)19-10-7-11-20(16-19)33(30,31)28-15-14-18-9-4-5-12-21(18)28/h4-13,16H,3,14-15H2,1-2H3. The molecular weight excluding hydrogens is 454 g/mol. The van der Waals surface area contributed by atoms with Crippen LogP contribution >= 0.6 is 11.3 Å². The molecule has 0 bridgehead atoms. The predicted molar refractivity (Wildman–Crippen MR) is 133 cm³/mol. The van der Waals surface area contributed by atoms with Crippen molar-refractivity contribution in [1.29, 1.82) is 0 Å². The largest absolute Gasteiger partial charge is 0.284 e. The molecule has 0 atom stereocenters. The van der Waals surface area contributed by atoms with Gasteiger partial charge in [-0.2, -0.15) is 0 Å². The van der Waals surface area contributed by atoms with E-state index in [-0.39, 0.29) is 10.8 Å². The third-order valence-electron chi connectivity index (χ3n) is 5.92. The Morgan fingerprint density at radius 3 is 2.67 bits per heavy atom. The smallest absolute Gasteiger partial charge is 0.264 e. The van der Waals surface area contributed by atoms with Gasteiger partial charge in [0.15, 0.2) is 5.13 Å². The Morgan fingerprint density at radius 1 is 1.09 bits per heavy atom. The van der Waals surface area contributed by atoms with Gasteiger partial charge in [0.05, 0.1) is 20.8 Å². The molecule has 6 nitrogen and oxygen atoms in total. The van der Waals surface area contributed by atoms with Crippen LogP contribution in [0.15, 0.2) is 71.6 Å². The molecular formula is C25H23N3O3S2. The highest BCUT2D eigenvalue weighted by molar-refractivity contribution is 7.92. The number of sulfonamides is 1. The van der Waals surface area contributed by atoms with E-state index in [0.717, 1.165) is 21.3 Å². The molecule has 0 fully saturated rings. The number of nitrogens with zero attached hydrogens (tertiary/aromatic N) is 3. The molecule has 2 heterocycles. The summed E-state index contributed by atoms with van der Waals surface area (Å²) in [6.45, 7) is 4.70. The first-order chi connectivity index (χ1) is 15.9. The van der Waals surface area contributed by atoms with Gasteiger partial charge in [0.2, 0.25) is 0 Å². The summed E-state index contributed by atoms with van der Waals surface area (Å²) in [6.07, 6.45) is 0.675. The van der Waals surface area contributed by atoms with Crippen molar-refractivity contribution in [3.05, 3.63) is 83.4 Å². The Kier molecular flexibility index (Phi) is 5.42. The van der Waals surface area contributed by atoms with Crippen LogP contribution in [0.4, 0.5) is 10.8 Å². The SMILES string of the molecule is CCN(C(=O)c1cccc(S(=O)(=O)N2CCc3ccccc32)c1)c1nc2c(C)cccc2s1. The molecule has 0 radical (unpaired) electrons. The average molecular weight is 478 g/mol. The number of anilines is 2. The van der Waals surface area contributed by atoms with Crippen molar-refractivity contribution in [1.82, 2.24) is 4.98 Å². The second-order valence-electron chi connectivity index (χ2n) is 7.95. The topological polar surface area (TPSA) is 70.6 Å². The summed E-state index contributed by atoms with van der Waals surface area (Å²) in [5.41, 5.74) is 3.97.